The molecule has 0 aromatic heterocycles. The summed E-state index contributed by atoms with van der Waals surface area (Å²) in [4.78, 5) is 12.6. The molecule has 2 aliphatic rings. The Labute approximate surface area is 85.6 Å². The standard InChI is InChI=1S/C8H13NO2S2/c10-8(11)9-3-1-2-6-4-12-13-5-7(6)9/h6-7H,1-5H2,(H,10,11). The fourth-order valence-corrected chi connectivity index (χ4v) is 4.92. The molecule has 2 heterocycles. The first-order valence-corrected chi connectivity index (χ1v) is 7.02. The molecule has 0 spiro atoms. The molecule has 13 heavy (non-hydrogen) atoms. The number of amides is 1. The Hall–Kier alpha value is -0.0300. The molecule has 3 nitrogen and oxygen atoms in total. The molecule has 0 bridgehead atoms. The minimum absolute atomic E-state index is 0.289. The maximum Gasteiger partial charge on any atom is 0.407 e. The van der Waals surface area contributed by atoms with Gasteiger partial charge in [-0.15, -0.1) is 0 Å². The molecule has 2 rings (SSSR count). The molecule has 2 fully saturated rings. The van der Waals surface area contributed by atoms with E-state index in [0.717, 1.165) is 24.5 Å². The van der Waals surface area contributed by atoms with Crippen LogP contribution in [0, 0.1) is 5.92 Å². The summed E-state index contributed by atoms with van der Waals surface area (Å²) in [6.45, 7) is 0.738. The maximum atomic E-state index is 10.9. The van der Waals surface area contributed by atoms with Gasteiger partial charge in [-0.25, -0.2) is 4.79 Å². The number of rotatable bonds is 0. The maximum absolute atomic E-state index is 10.9. The lowest BCUT2D eigenvalue weighted by molar-refractivity contribution is 0.0933. The fraction of sp³-hybridized carbons (Fsp3) is 0.875. The lowest BCUT2D eigenvalue weighted by atomic mass is 9.92. The molecule has 2 unspecified atom stereocenters. The summed E-state index contributed by atoms with van der Waals surface area (Å²) in [5.74, 6) is 2.71. The topological polar surface area (TPSA) is 40.5 Å². The molecule has 1 N–H and O–H groups in total. The van der Waals surface area contributed by atoms with Crippen LogP contribution in [0.4, 0.5) is 4.79 Å². The van der Waals surface area contributed by atoms with E-state index >= 15 is 0 Å². The quantitative estimate of drug-likeness (QED) is 0.634. The summed E-state index contributed by atoms with van der Waals surface area (Å²) in [7, 11) is 3.70. The van der Waals surface area contributed by atoms with Crippen molar-refractivity contribution in [2.75, 3.05) is 18.1 Å². The van der Waals surface area contributed by atoms with Gasteiger partial charge in [0.15, 0.2) is 0 Å². The molecule has 74 valence electrons. The lowest BCUT2D eigenvalue weighted by Crippen LogP contribution is -2.50. The number of nitrogens with zero attached hydrogens (tertiary/aromatic N) is 1. The number of fused-ring (bicyclic) bond motifs is 1. The zero-order valence-electron chi connectivity index (χ0n) is 7.31. The number of hydrogen-bond acceptors (Lipinski definition) is 3. The highest BCUT2D eigenvalue weighted by Crippen LogP contribution is 2.39. The SMILES string of the molecule is O=C(O)N1CCCC2CSSCC21. The predicted molar refractivity (Wildman–Crippen MR) is 56.2 cm³/mol. The van der Waals surface area contributed by atoms with Crippen LogP contribution >= 0.6 is 21.6 Å². The molecule has 0 aromatic carbocycles. The largest absolute Gasteiger partial charge is 0.465 e. The van der Waals surface area contributed by atoms with Crippen LogP contribution in [0.2, 0.25) is 0 Å². The molecule has 0 aliphatic carbocycles. The van der Waals surface area contributed by atoms with Crippen LogP contribution in [0.15, 0.2) is 0 Å². The second-order valence-corrected chi connectivity index (χ2v) is 6.07. The molecule has 0 aromatic rings. The first-order valence-electron chi connectivity index (χ1n) is 4.53. The highest BCUT2D eigenvalue weighted by molar-refractivity contribution is 8.76. The summed E-state index contributed by atoms with van der Waals surface area (Å²) in [6.07, 6.45) is 1.52. The van der Waals surface area contributed by atoms with Crippen molar-refractivity contribution in [1.29, 1.82) is 0 Å². The highest BCUT2D eigenvalue weighted by atomic mass is 33.1. The van der Waals surface area contributed by atoms with Gasteiger partial charge in [0.2, 0.25) is 0 Å². The van der Waals surface area contributed by atoms with Crippen molar-refractivity contribution in [2.24, 2.45) is 5.92 Å². The first-order chi connectivity index (χ1) is 6.29. The van der Waals surface area contributed by atoms with Crippen molar-refractivity contribution < 1.29 is 9.90 Å². The number of likely N-dealkylation sites (tertiary alicyclic amines) is 1. The van der Waals surface area contributed by atoms with Gasteiger partial charge in [0.05, 0.1) is 0 Å². The molecular weight excluding hydrogens is 206 g/mol. The van der Waals surface area contributed by atoms with Crippen LogP contribution in [0.25, 0.3) is 0 Å². The van der Waals surface area contributed by atoms with E-state index in [2.05, 4.69) is 0 Å². The van der Waals surface area contributed by atoms with Gasteiger partial charge < -0.3 is 10.0 Å². The first kappa shape index (κ1) is 9.52. The predicted octanol–water partition coefficient (Wildman–Crippen LogP) is 2.14. The minimum Gasteiger partial charge on any atom is -0.465 e. The summed E-state index contributed by atoms with van der Waals surface area (Å²) < 4.78 is 0. The van der Waals surface area contributed by atoms with E-state index in [1.807, 2.05) is 21.6 Å². The Morgan fingerprint density at radius 1 is 1.38 bits per heavy atom. The van der Waals surface area contributed by atoms with Crippen LogP contribution < -0.4 is 0 Å². The van der Waals surface area contributed by atoms with Crippen molar-refractivity contribution in [3.05, 3.63) is 0 Å². The Balaban J connectivity index is 2.06. The number of carboxylic acid groups (broad SMARTS) is 1. The Morgan fingerprint density at radius 2 is 2.15 bits per heavy atom. The smallest absolute Gasteiger partial charge is 0.407 e. The van der Waals surface area contributed by atoms with E-state index in [4.69, 9.17) is 5.11 Å². The summed E-state index contributed by atoms with van der Waals surface area (Å²) in [5, 5.41) is 8.99. The van der Waals surface area contributed by atoms with Gasteiger partial charge in [0, 0.05) is 24.1 Å². The second kappa shape index (κ2) is 4.00. The van der Waals surface area contributed by atoms with E-state index in [9.17, 15) is 4.79 Å². The average Bonchev–Trinajstić information content (AvgIpc) is 2.17. The van der Waals surface area contributed by atoms with Crippen LogP contribution in [0.5, 0.6) is 0 Å². The van der Waals surface area contributed by atoms with Gasteiger partial charge in [-0.3, -0.25) is 0 Å². The van der Waals surface area contributed by atoms with Crippen LogP contribution in [0.3, 0.4) is 0 Å². The number of hydrogen-bond donors (Lipinski definition) is 1. The van der Waals surface area contributed by atoms with Crippen molar-refractivity contribution in [1.82, 2.24) is 4.90 Å². The van der Waals surface area contributed by atoms with E-state index in [0.29, 0.717) is 5.92 Å². The Bertz CT molecular complexity index is 210. The van der Waals surface area contributed by atoms with Gasteiger partial charge in [-0.05, 0) is 18.8 Å². The zero-order valence-corrected chi connectivity index (χ0v) is 8.94. The van der Waals surface area contributed by atoms with E-state index < -0.39 is 6.09 Å². The number of piperidine rings is 1. The molecule has 2 saturated heterocycles. The molecular formula is C8H13NO2S2. The fourth-order valence-electron chi connectivity index (χ4n) is 2.05. The Kier molecular flexibility index (Phi) is 2.93. The molecule has 2 aliphatic heterocycles. The van der Waals surface area contributed by atoms with Crippen molar-refractivity contribution in [2.45, 2.75) is 18.9 Å². The molecule has 1 amide bonds. The normalized spacial score (nSPS) is 34.0. The summed E-state index contributed by atoms with van der Waals surface area (Å²) >= 11 is 0. The molecule has 0 radical (unpaired) electrons. The minimum atomic E-state index is -0.734. The van der Waals surface area contributed by atoms with Crippen LogP contribution in [-0.4, -0.2) is 40.2 Å². The molecule has 5 heteroatoms. The van der Waals surface area contributed by atoms with Crippen molar-refractivity contribution in [3.8, 4) is 0 Å². The van der Waals surface area contributed by atoms with Gasteiger partial charge in [0.1, 0.15) is 0 Å². The van der Waals surface area contributed by atoms with Gasteiger partial charge in [-0.2, -0.15) is 0 Å². The van der Waals surface area contributed by atoms with Gasteiger partial charge in [-0.1, -0.05) is 21.6 Å². The van der Waals surface area contributed by atoms with Gasteiger partial charge in [0.25, 0.3) is 0 Å². The van der Waals surface area contributed by atoms with Crippen LogP contribution in [-0.2, 0) is 0 Å². The van der Waals surface area contributed by atoms with Crippen molar-refractivity contribution in [3.63, 3.8) is 0 Å². The molecule has 2 atom stereocenters. The van der Waals surface area contributed by atoms with E-state index in [-0.39, 0.29) is 6.04 Å². The third-order valence-corrected chi connectivity index (χ3v) is 5.29. The third-order valence-electron chi connectivity index (χ3n) is 2.77. The monoisotopic (exact) mass is 219 g/mol. The van der Waals surface area contributed by atoms with Crippen LogP contribution in [0.1, 0.15) is 12.8 Å². The third kappa shape index (κ3) is 1.91. The van der Waals surface area contributed by atoms with E-state index in [1.54, 1.807) is 4.90 Å². The summed E-state index contributed by atoms with van der Waals surface area (Å²) in [6, 6.07) is 0.289. The summed E-state index contributed by atoms with van der Waals surface area (Å²) in [5.41, 5.74) is 0. The van der Waals surface area contributed by atoms with Gasteiger partial charge >= 0.3 is 6.09 Å². The van der Waals surface area contributed by atoms with E-state index in [1.165, 1.54) is 6.42 Å². The Morgan fingerprint density at radius 3 is 2.92 bits per heavy atom. The second-order valence-electron chi connectivity index (χ2n) is 3.51. The lowest BCUT2D eigenvalue weighted by Gasteiger charge is -2.41. The average molecular weight is 219 g/mol. The number of carbonyl (C=O) groups is 1. The highest BCUT2D eigenvalue weighted by Gasteiger charge is 2.36. The molecule has 0 saturated carbocycles. The van der Waals surface area contributed by atoms with Crippen molar-refractivity contribution >= 4 is 27.7 Å². The zero-order chi connectivity index (χ0) is 9.26.